The van der Waals surface area contributed by atoms with Gasteiger partial charge in [-0.05, 0) is 31.5 Å². The van der Waals surface area contributed by atoms with E-state index in [9.17, 15) is 13.2 Å². The Labute approximate surface area is 102 Å². The zero-order valence-electron chi connectivity index (χ0n) is 9.61. The fourth-order valence-electron chi connectivity index (χ4n) is 1.70. The summed E-state index contributed by atoms with van der Waals surface area (Å²) in [6.07, 6.45) is -1.15. The van der Waals surface area contributed by atoms with Crippen molar-refractivity contribution in [1.82, 2.24) is 14.6 Å². The third-order valence-corrected chi connectivity index (χ3v) is 2.65. The van der Waals surface area contributed by atoms with Gasteiger partial charge in [0.15, 0.2) is 5.65 Å². The van der Waals surface area contributed by atoms with Crippen LogP contribution in [0.15, 0.2) is 18.3 Å². The SMILES string of the molecule is NCCCCc1nnc2ccc(C(F)(F)F)cn12. The molecule has 2 heterocycles. The third kappa shape index (κ3) is 2.61. The number of aromatic nitrogens is 3. The van der Waals surface area contributed by atoms with Crippen LogP contribution in [0.5, 0.6) is 0 Å². The van der Waals surface area contributed by atoms with Gasteiger partial charge in [-0.15, -0.1) is 10.2 Å². The summed E-state index contributed by atoms with van der Waals surface area (Å²) in [7, 11) is 0. The number of nitrogens with two attached hydrogens (primary N) is 1. The van der Waals surface area contributed by atoms with Crippen LogP contribution >= 0.6 is 0 Å². The topological polar surface area (TPSA) is 56.2 Å². The molecule has 0 aromatic carbocycles. The standard InChI is InChI=1S/C11H13F3N4/c12-11(13,14)8-4-5-10-17-16-9(18(10)7-8)3-1-2-6-15/h4-5,7H,1-3,6,15H2. The highest BCUT2D eigenvalue weighted by atomic mass is 19.4. The van der Waals surface area contributed by atoms with Gasteiger partial charge in [-0.3, -0.25) is 4.40 Å². The molecule has 18 heavy (non-hydrogen) atoms. The number of hydrogen-bond acceptors (Lipinski definition) is 3. The number of hydrogen-bond donors (Lipinski definition) is 1. The van der Waals surface area contributed by atoms with Crippen LogP contribution in [0.4, 0.5) is 13.2 Å². The van der Waals surface area contributed by atoms with E-state index in [1.807, 2.05) is 0 Å². The highest BCUT2D eigenvalue weighted by Gasteiger charge is 2.31. The fourth-order valence-corrected chi connectivity index (χ4v) is 1.70. The van der Waals surface area contributed by atoms with Crippen molar-refractivity contribution >= 4 is 5.65 Å². The predicted octanol–water partition coefficient (Wildman–Crippen LogP) is 2.03. The molecule has 0 bridgehead atoms. The van der Waals surface area contributed by atoms with Crippen molar-refractivity contribution in [3.05, 3.63) is 29.7 Å². The first-order valence-corrected chi connectivity index (χ1v) is 5.63. The second kappa shape index (κ2) is 4.93. The molecule has 0 saturated heterocycles. The molecule has 98 valence electrons. The lowest BCUT2D eigenvalue weighted by Gasteiger charge is -2.07. The van der Waals surface area contributed by atoms with Crippen molar-refractivity contribution in [3.8, 4) is 0 Å². The molecule has 0 atom stereocenters. The van der Waals surface area contributed by atoms with E-state index in [1.165, 1.54) is 10.5 Å². The van der Waals surface area contributed by atoms with Gasteiger partial charge >= 0.3 is 6.18 Å². The largest absolute Gasteiger partial charge is 0.417 e. The molecule has 2 N–H and O–H groups in total. The summed E-state index contributed by atoms with van der Waals surface area (Å²) in [5, 5.41) is 7.73. The van der Waals surface area contributed by atoms with Crippen molar-refractivity contribution in [2.75, 3.05) is 6.54 Å². The minimum absolute atomic E-state index is 0.422. The van der Waals surface area contributed by atoms with Crippen LogP contribution in [-0.4, -0.2) is 21.1 Å². The maximum Gasteiger partial charge on any atom is 0.417 e. The van der Waals surface area contributed by atoms with E-state index < -0.39 is 11.7 Å². The molecule has 7 heteroatoms. The summed E-state index contributed by atoms with van der Waals surface area (Å²) in [5.74, 6) is 0.532. The normalized spacial score (nSPS) is 12.2. The van der Waals surface area contributed by atoms with Gasteiger partial charge in [0.05, 0.1) is 5.56 Å². The number of halogens is 3. The molecular weight excluding hydrogens is 245 g/mol. The molecule has 2 aromatic heterocycles. The number of nitrogens with zero attached hydrogens (tertiary/aromatic N) is 3. The van der Waals surface area contributed by atoms with Gasteiger partial charge in [0.2, 0.25) is 0 Å². The van der Waals surface area contributed by atoms with Gasteiger partial charge in [0.1, 0.15) is 5.82 Å². The Hall–Kier alpha value is -1.63. The molecule has 0 unspecified atom stereocenters. The molecule has 0 aliphatic carbocycles. The molecule has 0 radical (unpaired) electrons. The van der Waals surface area contributed by atoms with Gasteiger partial charge in [-0.25, -0.2) is 0 Å². The van der Waals surface area contributed by atoms with Gasteiger partial charge < -0.3 is 5.73 Å². The van der Waals surface area contributed by atoms with Crippen LogP contribution in [0.25, 0.3) is 5.65 Å². The molecule has 0 fully saturated rings. The molecular formula is C11H13F3N4. The second-order valence-corrected chi connectivity index (χ2v) is 4.01. The zero-order chi connectivity index (χ0) is 13.2. The monoisotopic (exact) mass is 258 g/mol. The van der Waals surface area contributed by atoms with Crippen LogP contribution in [-0.2, 0) is 12.6 Å². The van der Waals surface area contributed by atoms with Crippen LogP contribution in [0.1, 0.15) is 24.2 Å². The number of rotatable bonds is 4. The van der Waals surface area contributed by atoms with Crippen molar-refractivity contribution < 1.29 is 13.2 Å². The lowest BCUT2D eigenvalue weighted by Crippen LogP contribution is -2.07. The van der Waals surface area contributed by atoms with Gasteiger partial charge in [-0.2, -0.15) is 13.2 Å². The quantitative estimate of drug-likeness (QED) is 0.854. The van der Waals surface area contributed by atoms with Crippen molar-refractivity contribution in [2.45, 2.75) is 25.4 Å². The summed E-state index contributed by atoms with van der Waals surface area (Å²) in [5.41, 5.74) is 5.09. The van der Waals surface area contributed by atoms with Crippen molar-refractivity contribution in [2.24, 2.45) is 5.73 Å². The first kappa shape index (κ1) is 12.8. The summed E-state index contributed by atoms with van der Waals surface area (Å²) in [4.78, 5) is 0. The van der Waals surface area contributed by atoms with Crippen molar-refractivity contribution in [1.29, 1.82) is 0 Å². The average Bonchev–Trinajstić information content (AvgIpc) is 2.71. The Morgan fingerprint density at radius 3 is 2.61 bits per heavy atom. The lowest BCUT2D eigenvalue weighted by atomic mass is 10.2. The molecule has 0 spiro atoms. The smallest absolute Gasteiger partial charge is 0.330 e. The van der Waals surface area contributed by atoms with Crippen LogP contribution < -0.4 is 5.73 Å². The summed E-state index contributed by atoms with van der Waals surface area (Å²) in [6, 6.07) is 2.33. The third-order valence-electron chi connectivity index (χ3n) is 2.65. The Morgan fingerprint density at radius 1 is 1.17 bits per heavy atom. The van der Waals surface area contributed by atoms with Gasteiger partial charge in [-0.1, -0.05) is 0 Å². The highest BCUT2D eigenvalue weighted by molar-refractivity contribution is 5.40. The van der Waals surface area contributed by atoms with E-state index in [0.29, 0.717) is 24.4 Å². The van der Waals surface area contributed by atoms with E-state index >= 15 is 0 Å². The number of alkyl halides is 3. The van der Waals surface area contributed by atoms with Crippen molar-refractivity contribution in [3.63, 3.8) is 0 Å². The molecule has 0 saturated carbocycles. The lowest BCUT2D eigenvalue weighted by molar-refractivity contribution is -0.137. The maximum atomic E-state index is 12.6. The molecule has 0 aliphatic heterocycles. The fraction of sp³-hybridized carbons (Fsp3) is 0.455. The Bertz CT molecular complexity index is 533. The zero-order valence-corrected chi connectivity index (χ0v) is 9.61. The van der Waals surface area contributed by atoms with Gasteiger partial charge in [0, 0.05) is 12.6 Å². The minimum atomic E-state index is -4.35. The maximum absolute atomic E-state index is 12.6. The average molecular weight is 258 g/mol. The predicted molar refractivity (Wildman–Crippen MR) is 60.0 cm³/mol. The Kier molecular flexibility index (Phi) is 3.51. The van der Waals surface area contributed by atoms with Gasteiger partial charge in [0.25, 0.3) is 0 Å². The molecule has 4 nitrogen and oxygen atoms in total. The van der Waals surface area contributed by atoms with Crippen LogP contribution in [0.3, 0.4) is 0 Å². The molecule has 2 rings (SSSR count). The second-order valence-electron chi connectivity index (χ2n) is 4.01. The van der Waals surface area contributed by atoms with Crippen LogP contribution in [0.2, 0.25) is 0 Å². The summed E-state index contributed by atoms with van der Waals surface area (Å²) < 4.78 is 39.2. The number of aryl methyl sites for hydroxylation is 1. The number of pyridine rings is 1. The molecule has 0 amide bonds. The van der Waals surface area contributed by atoms with E-state index in [2.05, 4.69) is 10.2 Å². The minimum Gasteiger partial charge on any atom is -0.330 e. The number of unbranched alkanes of at least 4 members (excludes halogenated alkanes) is 1. The van der Waals surface area contributed by atoms with E-state index in [1.54, 1.807) is 0 Å². The van der Waals surface area contributed by atoms with E-state index in [-0.39, 0.29) is 0 Å². The Balaban J connectivity index is 2.31. The van der Waals surface area contributed by atoms with Crippen LogP contribution in [0, 0.1) is 0 Å². The Morgan fingerprint density at radius 2 is 1.94 bits per heavy atom. The first-order chi connectivity index (χ1) is 8.52. The van der Waals surface area contributed by atoms with E-state index in [4.69, 9.17) is 5.73 Å². The number of fused-ring (bicyclic) bond motifs is 1. The summed E-state index contributed by atoms with van der Waals surface area (Å²) in [6.45, 7) is 0.560. The highest BCUT2D eigenvalue weighted by Crippen LogP contribution is 2.29. The summed E-state index contributed by atoms with van der Waals surface area (Å²) >= 11 is 0. The van der Waals surface area contributed by atoms with E-state index in [0.717, 1.165) is 25.1 Å². The molecule has 0 aliphatic rings. The first-order valence-electron chi connectivity index (χ1n) is 5.63. The molecule has 2 aromatic rings.